The third kappa shape index (κ3) is 3.61. The molecule has 0 radical (unpaired) electrons. The molecule has 7 aromatic rings. The molecule has 1 heteroatoms. The number of hydrogen-bond donors (Lipinski definition) is 0. The van der Waals surface area contributed by atoms with Crippen LogP contribution in [0.2, 0.25) is 5.02 Å². The van der Waals surface area contributed by atoms with Gasteiger partial charge in [-0.15, -0.1) is 0 Å². The van der Waals surface area contributed by atoms with Crippen LogP contribution in [0.4, 0.5) is 0 Å². The zero-order valence-electron chi connectivity index (χ0n) is 20.2. The SMILES string of the molecule is Clc1cccc(-c2cc(-c3ccccc3)c(-c3ccccc3)c3c4ccccc4c4ccccc4c23)c1. The van der Waals surface area contributed by atoms with Crippen LogP contribution in [0.5, 0.6) is 0 Å². The van der Waals surface area contributed by atoms with Crippen LogP contribution in [-0.4, -0.2) is 0 Å². The van der Waals surface area contributed by atoms with E-state index in [9.17, 15) is 0 Å². The summed E-state index contributed by atoms with van der Waals surface area (Å²) in [6.07, 6.45) is 0. The van der Waals surface area contributed by atoms with Crippen molar-refractivity contribution in [2.75, 3.05) is 0 Å². The summed E-state index contributed by atoms with van der Waals surface area (Å²) >= 11 is 6.54. The second-order valence-electron chi connectivity index (χ2n) is 9.43. The Morgan fingerprint density at radius 3 is 1.49 bits per heavy atom. The molecule has 0 spiro atoms. The first-order chi connectivity index (χ1) is 18.3. The lowest BCUT2D eigenvalue weighted by atomic mass is 9.81. The fourth-order valence-electron chi connectivity index (χ4n) is 5.74. The van der Waals surface area contributed by atoms with Crippen LogP contribution in [-0.2, 0) is 0 Å². The van der Waals surface area contributed by atoms with Gasteiger partial charge < -0.3 is 0 Å². The van der Waals surface area contributed by atoms with E-state index in [2.05, 4.69) is 127 Å². The van der Waals surface area contributed by atoms with Crippen molar-refractivity contribution < 1.29 is 0 Å². The van der Waals surface area contributed by atoms with Gasteiger partial charge in [0.1, 0.15) is 0 Å². The van der Waals surface area contributed by atoms with E-state index in [1.54, 1.807) is 0 Å². The number of fused-ring (bicyclic) bond motifs is 6. The Morgan fingerprint density at radius 2 is 0.865 bits per heavy atom. The van der Waals surface area contributed by atoms with Crippen LogP contribution in [0.25, 0.3) is 65.7 Å². The van der Waals surface area contributed by atoms with E-state index in [0.29, 0.717) is 0 Å². The molecule has 7 rings (SSSR count). The molecule has 0 heterocycles. The summed E-state index contributed by atoms with van der Waals surface area (Å²) in [5.74, 6) is 0. The van der Waals surface area contributed by atoms with Gasteiger partial charge in [-0.25, -0.2) is 0 Å². The summed E-state index contributed by atoms with van der Waals surface area (Å²) in [6, 6.07) is 49.7. The van der Waals surface area contributed by atoms with Crippen LogP contribution >= 0.6 is 11.6 Å². The average Bonchev–Trinajstić information content (AvgIpc) is 2.97. The van der Waals surface area contributed by atoms with Gasteiger partial charge in [-0.1, -0.05) is 133 Å². The van der Waals surface area contributed by atoms with Gasteiger partial charge in [-0.3, -0.25) is 0 Å². The van der Waals surface area contributed by atoms with Gasteiger partial charge in [0.15, 0.2) is 0 Å². The van der Waals surface area contributed by atoms with E-state index >= 15 is 0 Å². The Morgan fingerprint density at radius 1 is 0.351 bits per heavy atom. The zero-order valence-corrected chi connectivity index (χ0v) is 20.9. The molecule has 0 saturated carbocycles. The number of benzene rings is 7. The fourth-order valence-corrected chi connectivity index (χ4v) is 5.93. The summed E-state index contributed by atoms with van der Waals surface area (Å²) < 4.78 is 0. The van der Waals surface area contributed by atoms with Crippen molar-refractivity contribution in [3.8, 4) is 33.4 Å². The third-order valence-electron chi connectivity index (χ3n) is 7.29. The molecule has 0 aliphatic rings. The Bertz CT molecular complexity index is 1920. The van der Waals surface area contributed by atoms with E-state index in [1.165, 1.54) is 60.1 Å². The second kappa shape index (κ2) is 8.92. The molecule has 0 bridgehead atoms. The molecule has 0 N–H and O–H groups in total. The lowest BCUT2D eigenvalue weighted by Gasteiger charge is -2.22. The quantitative estimate of drug-likeness (QED) is 0.216. The van der Waals surface area contributed by atoms with Crippen molar-refractivity contribution in [2.24, 2.45) is 0 Å². The molecule has 0 nitrogen and oxygen atoms in total. The highest BCUT2D eigenvalue weighted by molar-refractivity contribution is 6.33. The van der Waals surface area contributed by atoms with E-state index in [0.717, 1.165) is 10.6 Å². The van der Waals surface area contributed by atoms with Gasteiger partial charge in [-0.2, -0.15) is 0 Å². The number of halogens is 1. The summed E-state index contributed by atoms with van der Waals surface area (Å²) in [6.45, 7) is 0. The van der Waals surface area contributed by atoms with Crippen molar-refractivity contribution in [3.05, 3.63) is 145 Å². The van der Waals surface area contributed by atoms with Gasteiger partial charge in [0, 0.05) is 5.02 Å². The first-order valence-corrected chi connectivity index (χ1v) is 12.9. The topological polar surface area (TPSA) is 0 Å². The molecule has 0 saturated heterocycles. The predicted molar refractivity (Wildman–Crippen MR) is 160 cm³/mol. The van der Waals surface area contributed by atoms with Crippen molar-refractivity contribution in [1.29, 1.82) is 0 Å². The van der Waals surface area contributed by atoms with Crippen molar-refractivity contribution in [2.45, 2.75) is 0 Å². The first-order valence-electron chi connectivity index (χ1n) is 12.6. The number of hydrogen-bond acceptors (Lipinski definition) is 0. The van der Waals surface area contributed by atoms with E-state index in [4.69, 9.17) is 11.6 Å². The molecule has 37 heavy (non-hydrogen) atoms. The van der Waals surface area contributed by atoms with Gasteiger partial charge in [0.25, 0.3) is 0 Å². The summed E-state index contributed by atoms with van der Waals surface area (Å²) in [4.78, 5) is 0. The molecular formula is C36H23Cl. The molecule has 0 aliphatic heterocycles. The highest BCUT2D eigenvalue weighted by Crippen LogP contribution is 2.48. The molecule has 174 valence electrons. The first kappa shape index (κ1) is 21.9. The van der Waals surface area contributed by atoms with Crippen molar-refractivity contribution in [3.63, 3.8) is 0 Å². The summed E-state index contributed by atoms with van der Waals surface area (Å²) in [7, 11) is 0. The Balaban J connectivity index is 1.81. The smallest absolute Gasteiger partial charge is 0.0412 e. The van der Waals surface area contributed by atoms with E-state index < -0.39 is 0 Å². The van der Waals surface area contributed by atoms with Gasteiger partial charge in [0.2, 0.25) is 0 Å². The van der Waals surface area contributed by atoms with Crippen LogP contribution in [0.1, 0.15) is 0 Å². The summed E-state index contributed by atoms with van der Waals surface area (Å²) in [5.41, 5.74) is 7.20. The molecule has 0 aliphatic carbocycles. The second-order valence-corrected chi connectivity index (χ2v) is 9.87. The highest BCUT2D eigenvalue weighted by atomic mass is 35.5. The maximum atomic E-state index is 6.54. The lowest BCUT2D eigenvalue weighted by molar-refractivity contribution is 1.60. The van der Waals surface area contributed by atoms with Gasteiger partial charge >= 0.3 is 0 Å². The van der Waals surface area contributed by atoms with E-state index in [1.807, 2.05) is 12.1 Å². The lowest BCUT2D eigenvalue weighted by Crippen LogP contribution is -1.94. The maximum Gasteiger partial charge on any atom is 0.0412 e. The zero-order chi connectivity index (χ0) is 24.8. The average molecular weight is 491 g/mol. The molecule has 0 aromatic heterocycles. The fraction of sp³-hybridized carbons (Fsp3) is 0. The van der Waals surface area contributed by atoms with Crippen LogP contribution in [0, 0.1) is 0 Å². The number of rotatable bonds is 3. The molecule has 0 unspecified atom stereocenters. The highest BCUT2D eigenvalue weighted by Gasteiger charge is 2.21. The van der Waals surface area contributed by atoms with Crippen LogP contribution in [0.3, 0.4) is 0 Å². The van der Waals surface area contributed by atoms with E-state index in [-0.39, 0.29) is 0 Å². The third-order valence-corrected chi connectivity index (χ3v) is 7.53. The largest absolute Gasteiger partial charge is 0.0843 e. The van der Waals surface area contributed by atoms with Crippen LogP contribution in [0.15, 0.2) is 140 Å². The van der Waals surface area contributed by atoms with Crippen molar-refractivity contribution in [1.82, 2.24) is 0 Å². The van der Waals surface area contributed by atoms with Crippen LogP contribution < -0.4 is 0 Å². The monoisotopic (exact) mass is 490 g/mol. The standard InChI is InChI=1S/C36H23Cl/c37-27-17-11-16-26(22-27)33-23-32(24-12-3-1-4-13-24)34(25-14-5-2-6-15-25)36-31-21-10-8-19-29(31)28-18-7-9-20-30(28)35(33)36/h1-23H. The molecule has 0 amide bonds. The molecule has 0 atom stereocenters. The summed E-state index contributed by atoms with van der Waals surface area (Å²) in [5, 5.41) is 8.32. The van der Waals surface area contributed by atoms with Crippen molar-refractivity contribution >= 4 is 43.9 Å². The Kier molecular flexibility index (Phi) is 5.27. The van der Waals surface area contributed by atoms with Gasteiger partial charge in [0.05, 0.1) is 0 Å². The van der Waals surface area contributed by atoms with Gasteiger partial charge in [-0.05, 0) is 83.9 Å². The predicted octanol–water partition coefficient (Wildman–Crippen LogP) is 10.8. The molecule has 0 fully saturated rings. The normalized spacial score (nSPS) is 11.4. The molecule has 7 aromatic carbocycles. The minimum Gasteiger partial charge on any atom is -0.0843 e. The maximum absolute atomic E-state index is 6.54. The Labute approximate surface area is 221 Å². The minimum absolute atomic E-state index is 0.740. The minimum atomic E-state index is 0.740. The Hall–Kier alpha value is -4.39. The molecular weight excluding hydrogens is 468 g/mol.